The maximum Gasteiger partial charge on any atom is 0.325 e. The molecule has 1 atom stereocenters. The topological polar surface area (TPSA) is 69.9 Å². The Balaban J connectivity index is 1.88. The molecule has 1 aliphatic rings. The molecule has 0 radical (unpaired) electrons. The lowest BCUT2D eigenvalue weighted by atomic mass is 10.0. The molecule has 150 valence electrons. The molecule has 1 aromatic carbocycles. The number of fused-ring (bicyclic) bond motifs is 3. The zero-order valence-corrected chi connectivity index (χ0v) is 18.1. The smallest absolute Gasteiger partial charge is 0.291 e. The second kappa shape index (κ2) is 8.51. The fourth-order valence-electron chi connectivity index (χ4n) is 3.59. The summed E-state index contributed by atoms with van der Waals surface area (Å²) in [6.07, 6.45) is 2.89. The number of aromatic nitrogens is 3. The summed E-state index contributed by atoms with van der Waals surface area (Å²) < 4.78 is 1.72. The first-order valence-corrected chi connectivity index (χ1v) is 11.6. The lowest BCUT2D eigenvalue weighted by molar-refractivity contribution is -0.762. The molecule has 0 bridgehead atoms. The van der Waals surface area contributed by atoms with Crippen LogP contribution in [0.5, 0.6) is 0 Å². The summed E-state index contributed by atoms with van der Waals surface area (Å²) in [6, 6.07) is 11.4. The molecule has 6 nitrogen and oxygen atoms in total. The zero-order chi connectivity index (χ0) is 20.4. The van der Waals surface area contributed by atoms with Gasteiger partial charge >= 0.3 is 17.4 Å². The lowest BCUT2D eigenvalue weighted by Crippen LogP contribution is -2.60. The highest BCUT2D eigenvalue weighted by atomic mass is 32.2. The number of thiophene rings is 1. The number of anilines is 1. The molecule has 0 spiro atoms. The van der Waals surface area contributed by atoms with Gasteiger partial charge < -0.3 is 0 Å². The summed E-state index contributed by atoms with van der Waals surface area (Å²) in [6.45, 7) is 3.72. The summed E-state index contributed by atoms with van der Waals surface area (Å²) in [4.78, 5) is 31.4. The Labute approximate surface area is 177 Å². The Morgan fingerprint density at radius 2 is 2.10 bits per heavy atom. The van der Waals surface area contributed by atoms with Crippen molar-refractivity contribution >= 4 is 34.7 Å². The Morgan fingerprint density at radius 1 is 1.28 bits per heavy atom. The van der Waals surface area contributed by atoms with Crippen molar-refractivity contribution in [2.45, 2.75) is 44.4 Å². The maximum absolute atomic E-state index is 13.1. The Bertz CT molecular complexity index is 1080. The third-order valence-electron chi connectivity index (χ3n) is 4.88. The summed E-state index contributed by atoms with van der Waals surface area (Å²) in [5, 5.41) is 7.33. The minimum atomic E-state index is -0.477. The van der Waals surface area contributed by atoms with Gasteiger partial charge in [-0.25, -0.2) is 4.90 Å². The number of carbonyl (C=O) groups is 1. The van der Waals surface area contributed by atoms with Gasteiger partial charge in [-0.2, -0.15) is 0 Å². The molecule has 1 amide bonds. The second-order valence-corrected chi connectivity index (χ2v) is 8.97. The highest BCUT2D eigenvalue weighted by Gasteiger charge is 2.45. The van der Waals surface area contributed by atoms with E-state index in [0.717, 1.165) is 35.6 Å². The molecule has 1 N–H and O–H groups in total. The Hall–Kier alpha value is -2.45. The van der Waals surface area contributed by atoms with Gasteiger partial charge in [0.05, 0.1) is 16.1 Å². The minimum Gasteiger partial charge on any atom is -0.291 e. The summed E-state index contributed by atoms with van der Waals surface area (Å²) in [7, 11) is 0. The number of carbonyl (C=O) groups excluding carboxylic acids is 1. The van der Waals surface area contributed by atoms with E-state index in [9.17, 15) is 9.59 Å². The Morgan fingerprint density at radius 3 is 2.83 bits per heavy atom. The SMILES string of the molecule is CCCCCSc1n[n+]2c(c(=O)[nH]1)-c1ccccc1N(C(C)=O)[C@@H]2c1cccs1. The highest BCUT2D eigenvalue weighted by molar-refractivity contribution is 7.99. The molecular formula is C21H23N4O2S2+. The molecule has 0 saturated heterocycles. The van der Waals surface area contributed by atoms with Crippen molar-refractivity contribution in [3.63, 3.8) is 0 Å². The predicted octanol–water partition coefficient (Wildman–Crippen LogP) is 3.98. The summed E-state index contributed by atoms with van der Waals surface area (Å²) in [5.41, 5.74) is 1.74. The van der Waals surface area contributed by atoms with Crippen LogP contribution in [0.3, 0.4) is 0 Å². The maximum atomic E-state index is 13.1. The van der Waals surface area contributed by atoms with E-state index < -0.39 is 6.17 Å². The van der Waals surface area contributed by atoms with Crippen LogP contribution < -0.4 is 15.1 Å². The van der Waals surface area contributed by atoms with Crippen LogP contribution in [0.4, 0.5) is 5.69 Å². The molecule has 8 heteroatoms. The van der Waals surface area contributed by atoms with E-state index >= 15 is 0 Å². The number of hydrogen-bond donors (Lipinski definition) is 1. The van der Waals surface area contributed by atoms with E-state index in [2.05, 4.69) is 11.9 Å². The van der Waals surface area contributed by atoms with E-state index in [4.69, 9.17) is 5.10 Å². The molecule has 29 heavy (non-hydrogen) atoms. The fourth-order valence-corrected chi connectivity index (χ4v) is 5.25. The van der Waals surface area contributed by atoms with Gasteiger partial charge in [0.15, 0.2) is 0 Å². The van der Waals surface area contributed by atoms with E-state index in [-0.39, 0.29) is 11.5 Å². The molecule has 4 rings (SSSR count). The van der Waals surface area contributed by atoms with Crippen molar-refractivity contribution < 1.29 is 9.48 Å². The minimum absolute atomic E-state index is 0.0896. The molecule has 2 aromatic heterocycles. The van der Waals surface area contributed by atoms with Gasteiger partial charge in [-0.05, 0) is 34.7 Å². The number of aromatic amines is 1. The largest absolute Gasteiger partial charge is 0.325 e. The number of unbranched alkanes of at least 4 members (excludes halogenated alkanes) is 2. The van der Waals surface area contributed by atoms with Gasteiger partial charge in [0, 0.05) is 17.8 Å². The number of benzene rings is 1. The summed E-state index contributed by atoms with van der Waals surface area (Å²) >= 11 is 3.10. The van der Waals surface area contributed by atoms with Crippen molar-refractivity contribution in [3.05, 3.63) is 57.0 Å². The first-order valence-electron chi connectivity index (χ1n) is 9.73. The number of nitrogens with zero attached hydrogens (tertiary/aromatic N) is 3. The molecule has 0 unspecified atom stereocenters. The number of para-hydroxylation sites is 1. The molecule has 1 aliphatic heterocycles. The molecular weight excluding hydrogens is 404 g/mol. The predicted molar refractivity (Wildman–Crippen MR) is 116 cm³/mol. The van der Waals surface area contributed by atoms with Crippen LogP contribution in [0, 0.1) is 0 Å². The molecule has 3 aromatic rings. The second-order valence-electron chi connectivity index (χ2n) is 6.90. The van der Waals surface area contributed by atoms with Crippen LogP contribution in [0.25, 0.3) is 11.3 Å². The average molecular weight is 428 g/mol. The third kappa shape index (κ3) is 3.74. The quantitative estimate of drug-likeness (QED) is 0.367. The van der Waals surface area contributed by atoms with Crippen LogP contribution in [-0.4, -0.2) is 21.7 Å². The summed E-state index contributed by atoms with van der Waals surface area (Å²) in [5.74, 6) is 0.806. The standard InChI is InChI=1S/C21H22N4O2S2/c1-3-4-7-12-29-21-22-19(27)18-15-9-5-6-10-16(15)24(14(2)26)20(25(18)23-21)17-11-8-13-28-17/h5-6,8-11,13,20H,3-4,7,12H2,1-2H3/p+1/t20-/m0/s1. The van der Waals surface area contributed by atoms with Gasteiger partial charge in [-0.3, -0.25) is 14.6 Å². The van der Waals surface area contributed by atoms with Crippen LogP contribution in [0.2, 0.25) is 0 Å². The van der Waals surface area contributed by atoms with Crippen molar-refractivity contribution in [2.24, 2.45) is 0 Å². The van der Waals surface area contributed by atoms with Gasteiger partial charge in [-0.1, -0.05) is 49.7 Å². The van der Waals surface area contributed by atoms with Crippen molar-refractivity contribution in [1.82, 2.24) is 10.1 Å². The first-order chi connectivity index (χ1) is 14.1. The van der Waals surface area contributed by atoms with Gasteiger partial charge in [0.25, 0.3) is 0 Å². The van der Waals surface area contributed by atoms with Crippen LogP contribution >= 0.6 is 23.1 Å². The van der Waals surface area contributed by atoms with E-state index in [1.807, 2.05) is 41.8 Å². The average Bonchev–Trinajstić information content (AvgIpc) is 3.24. The number of hydrogen-bond acceptors (Lipinski definition) is 5. The van der Waals surface area contributed by atoms with Gasteiger partial charge in [0.2, 0.25) is 11.1 Å². The first kappa shape index (κ1) is 19.8. The van der Waals surface area contributed by atoms with Gasteiger partial charge in [0.1, 0.15) is 0 Å². The lowest BCUT2D eigenvalue weighted by Gasteiger charge is -2.30. The van der Waals surface area contributed by atoms with E-state index in [0.29, 0.717) is 16.4 Å². The fraction of sp³-hybridized carbons (Fsp3) is 0.333. The van der Waals surface area contributed by atoms with Crippen molar-refractivity contribution in [2.75, 3.05) is 10.7 Å². The normalized spacial score (nSPS) is 15.1. The Kier molecular flexibility index (Phi) is 5.82. The van der Waals surface area contributed by atoms with Crippen molar-refractivity contribution in [1.29, 1.82) is 0 Å². The van der Waals surface area contributed by atoms with Gasteiger partial charge in [-0.15, -0.1) is 11.3 Å². The number of rotatable bonds is 6. The van der Waals surface area contributed by atoms with E-state index in [1.165, 1.54) is 0 Å². The number of thioether (sulfide) groups is 1. The number of H-pyrrole nitrogens is 1. The molecule has 0 aliphatic carbocycles. The molecule has 0 saturated carbocycles. The van der Waals surface area contributed by atoms with E-state index in [1.54, 1.807) is 39.6 Å². The number of amides is 1. The van der Waals surface area contributed by atoms with Crippen LogP contribution in [0.15, 0.2) is 51.7 Å². The third-order valence-corrected chi connectivity index (χ3v) is 6.74. The van der Waals surface area contributed by atoms with Crippen LogP contribution in [0.1, 0.15) is 44.2 Å². The van der Waals surface area contributed by atoms with Crippen LogP contribution in [-0.2, 0) is 4.79 Å². The number of nitrogens with one attached hydrogen (secondary N) is 1. The van der Waals surface area contributed by atoms with Crippen molar-refractivity contribution in [3.8, 4) is 11.3 Å². The molecule has 3 heterocycles. The zero-order valence-electron chi connectivity index (χ0n) is 16.4. The monoisotopic (exact) mass is 427 g/mol. The molecule has 0 fully saturated rings. The highest BCUT2D eigenvalue weighted by Crippen LogP contribution is 2.38.